The highest BCUT2D eigenvalue weighted by Crippen LogP contribution is 2.26. The highest BCUT2D eigenvalue weighted by Gasteiger charge is 2.26. The minimum absolute atomic E-state index is 0.112. The number of likely N-dealkylation sites (tertiary alicyclic amines) is 1. The summed E-state index contributed by atoms with van der Waals surface area (Å²) in [7, 11) is 0. The molecular weight excluding hydrogens is 262 g/mol. The van der Waals surface area contributed by atoms with Crippen LogP contribution in [0.5, 0.6) is 5.75 Å². The Labute approximate surface area is 116 Å². The largest absolute Gasteiger partial charge is 0.477 e. The molecule has 1 unspecified atom stereocenters. The van der Waals surface area contributed by atoms with Gasteiger partial charge >= 0.3 is 5.69 Å². The maximum absolute atomic E-state index is 12.0. The van der Waals surface area contributed by atoms with Crippen LogP contribution in [0.3, 0.4) is 0 Å². The number of carbonyl (C=O) groups is 1. The minimum atomic E-state index is -0.528. The molecule has 1 atom stereocenters. The maximum Gasteiger partial charge on any atom is 0.310 e. The number of para-hydroxylation sites is 2. The zero-order valence-corrected chi connectivity index (χ0v) is 11.0. The van der Waals surface area contributed by atoms with Crippen molar-refractivity contribution in [3.63, 3.8) is 0 Å². The van der Waals surface area contributed by atoms with Crippen molar-refractivity contribution in [3.8, 4) is 5.75 Å². The molecule has 1 fully saturated rings. The summed E-state index contributed by atoms with van der Waals surface area (Å²) in [4.78, 5) is 23.9. The van der Waals surface area contributed by atoms with Gasteiger partial charge in [0.2, 0.25) is 0 Å². The predicted octanol–water partition coefficient (Wildman–Crippen LogP) is 0.781. The Hall–Kier alpha value is -2.15. The van der Waals surface area contributed by atoms with Gasteiger partial charge in [-0.3, -0.25) is 14.9 Å². The number of nitrogens with zero attached hydrogens (tertiary/aromatic N) is 2. The van der Waals surface area contributed by atoms with E-state index in [0.717, 1.165) is 6.42 Å². The molecule has 0 aliphatic carbocycles. The highest BCUT2D eigenvalue weighted by molar-refractivity contribution is 5.78. The van der Waals surface area contributed by atoms with E-state index in [1.54, 1.807) is 17.0 Å². The molecule has 1 aliphatic rings. The lowest BCUT2D eigenvalue weighted by Crippen LogP contribution is -2.33. The zero-order valence-electron chi connectivity index (χ0n) is 11.0. The number of benzene rings is 1. The van der Waals surface area contributed by atoms with Crippen LogP contribution >= 0.6 is 0 Å². The molecule has 1 aliphatic heterocycles. The van der Waals surface area contributed by atoms with E-state index in [9.17, 15) is 14.9 Å². The number of carbonyl (C=O) groups excluding carboxylic acids is 1. The molecule has 2 rings (SSSR count). The SMILES string of the molecule is NCC1CCN(C(=O)COc2ccccc2[N+](=O)[O-])C1. The van der Waals surface area contributed by atoms with Crippen LogP contribution in [0.1, 0.15) is 6.42 Å². The number of amides is 1. The fourth-order valence-electron chi connectivity index (χ4n) is 2.21. The molecule has 0 aromatic heterocycles. The van der Waals surface area contributed by atoms with E-state index in [0.29, 0.717) is 25.6 Å². The van der Waals surface area contributed by atoms with Gasteiger partial charge in [-0.15, -0.1) is 0 Å². The van der Waals surface area contributed by atoms with Gasteiger partial charge in [-0.25, -0.2) is 0 Å². The summed E-state index contributed by atoms with van der Waals surface area (Å²) >= 11 is 0. The van der Waals surface area contributed by atoms with Gasteiger partial charge in [0.25, 0.3) is 5.91 Å². The molecule has 0 bridgehead atoms. The quantitative estimate of drug-likeness (QED) is 0.634. The number of ether oxygens (including phenoxy) is 1. The number of rotatable bonds is 5. The van der Waals surface area contributed by atoms with Gasteiger partial charge in [0.1, 0.15) is 0 Å². The van der Waals surface area contributed by atoms with Crippen molar-refractivity contribution in [2.24, 2.45) is 11.7 Å². The summed E-state index contributed by atoms with van der Waals surface area (Å²) in [6, 6.07) is 6.02. The van der Waals surface area contributed by atoms with Crippen LogP contribution in [0.4, 0.5) is 5.69 Å². The van der Waals surface area contributed by atoms with Crippen LogP contribution in [0.25, 0.3) is 0 Å². The summed E-state index contributed by atoms with van der Waals surface area (Å²) in [6.07, 6.45) is 0.897. The van der Waals surface area contributed by atoms with Gasteiger partial charge in [0.05, 0.1) is 4.92 Å². The van der Waals surface area contributed by atoms with E-state index in [2.05, 4.69) is 0 Å². The van der Waals surface area contributed by atoms with Crippen molar-refractivity contribution in [2.45, 2.75) is 6.42 Å². The first-order valence-electron chi connectivity index (χ1n) is 6.46. The Kier molecular flexibility index (Phi) is 4.52. The van der Waals surface area contributed by atoms with E-state index in [4.69, 9.17) is 10.5 Å². The molecule has 1 heterocycles. The summed E-state index contributed by atoms with van der Waals surface area (Å²) in [5.74, 6) is 0.282. The van der Waals surface area contributed by atoms with Crippen molar-refractivity contribution in [2.75, 3.05) is 26.2 Å². The molecular formula is C13H17N3O4. The molecule has 20 heavy (non-hydrogen) atoms. The Morgan fingerprint density at radius 1 is 1.50 bits per heavy atom. The second-order valence-electron chi connectivity index (χ2n) is 4.74. The molecule has 0 radical (unpaired) electrons. The topological polar surface area (TPSA) is 98.7 Å². The van der Waals surface area contributed by atoms with Gasteiger partial charge in [-0.2, -0.15) is 0 Å². The minimum Gasteiger partial charge on any atom is -0.477 e. The smallest absolute Gasteiger partial charge is 0.310 e. The van der Waals surface area contributed by atoms with Gasteiger partial charge in [0, 0.05) is 19.2 Å². The van der Waals surface area contributed by atoms with E-state index in [-0.39, 0.29) is 24.0 Å². The standard InChI is InChI=1S/C13H17N3O4/c14-7-10-5-6-15(8-10)13(17)9-20-12-4-2-1-3-11(12)16(18)19/h1-4,10H,5-9,14H2. The van der Waals surface area contributed by atoms with Gasteiger partial charge in [-0.1, -0.05) is 12.1 Å². The third kappa shape index (κ3) is 3.24. The summed E-state index contributed by atoms with van der Waals surface area (Å²) in [5, 5.41) is 10.8. The van der Waals surface area contributed by atoms with Gasteiger partial charge in [0.15, 0.2) is 12.4 Å². The first-order chi connectivity index (χ1) is 9.61. The normalized spacial score (nSPS) is 18.1. The Morgan fingerprint density at radius 3 is 2.90 bits per heavy atom. The van der Waals surface area contributed by atoms with Crippen molar-refractivity contribution in [3.05, 3.63) is 34.4 Å². The summed E-state index contributed by atoms with van der Waals surface area (Å²) < 4.78 is 5.28. The first kappa shape index (κ1) is 14.3. The molecule has 108 valence electrons. The lowest BCUT2D eigenvalue weighted by Gasteiger charge is -2.16. The molecule has 1 aromatic carbocycles. The average molecular weight is 279 g/mol. The molecule has 0 saturated carbocycles. The fourth-order valence-corrected chi connectivity index (χ4v) is 2.21. The second kappa shape index (κ2) is 6.33. The summed E-state index contributed by atoms with van der Waals surface area (Å²) in [5.41, 5.74) is 5.43. The van der Waals surface area contributed by atoms with Crippen LogP contribution < -0.4 is 10.5 Å². The summed E-state index contributed by atoms with van der Waals surface area (Å²) in [6.45, 7) is 1.67. The van der Waals surface area contributed by atoms with Crippen molar-refractivity contribution >= 4 is 11.6 Å². The van der Waals surface area contributed by atoms with Crippen molar-refractivity contribution in [1.29, 1.82) is 0 Å². The van der Waals surface area contributed by atoms with E-state index in [1.165, 1.54) is 12.1 Å². The van der Waals surface area contributed by atoms with Crippen LogP contribution in [0.2, 0.25) is 0 Å². The van der Waals surface area contributed by atoms with Crippen LogP contribution in [0, 0.1) is 16.0 Å². The Morgan fingerprint density at radius 2 is 2.25 bits per heavy atom. The highest BCUT2D eigenvalue weighted by atomic mass is 16.6. The molecule has 7 nitrogen and oxygen atoms in total. The molecule has 7 heteroatoms. The van der Waals surface area contributed by atoms with Crippen molar-refractivity contribution < 1.29 is 14.5 Å². The second-order valence-corrected chi connectivity index (χ2v) is 4.74. The third-order valence-electron chi connectivity index (χ3n) is 3.38. The monoisotopic (exact) mass is 279 g/mol. The van der Waals surface area contributed by atoms with Crippen LogP contribution in [-0.4, -0.2) is 42.0 Å². The predicted molar refractivity (Wildman–Crippen MR) is 72.3 cm³/mol. The molecule has 1 amide bonds. The zero-order chi connectivity index (χ0) is 14.5. The number of nitrogens with two attached hydrogens (primary N) is 1. The number of nitro benzene ring substituents is 1. The average Bonchev–Trinajstić information content (AvgIpc) is 2.94. The van der Waals surface area contributed by atoms with E-state index < -0.39 is 4.92 Å². The van der Waals surface area contributed by atoms with Gasteiger partial charge < -0.3 is 15.4 Å². The Balaban J connectivity index is 1.92. The lowest BCUT2D eigenvalue weighted by atomic mass is 10.1. The third-order valence-corrected chi connectivity index (χ3v) is 3.38. The van der Waals surface area contributed by atoms with E-state index in [1.807, 2.05) is 0 Å². The number of hydrogen-bond acceptors (Lipinski definition) is 5. The van der Waals surface area contributed by atoms with E-state index >= 15 is 0 Å². The molecule has 1 saturated heterocycles. The number of nitro groups is 1. The van der Waals surface area contributed by atoms with Crippen LogP contribution in [0.15, 0.2) is 24.3 Å². The van der Waals surface area contributed by atoms with Gasteiger partial charge in [-0.05, 0) is 24.9 Å². The number of hydrogen-bond donors (Lipinski definition) is 1. The Bertz CT molecular complexity index is 506. The fraction of sp³-hybridized carbons (Fsp3) is 0.462. The van der Waals surface area contributed by atoms with Crippen molar-refractivity contribution in [1.82, 2.24) is 4.90 Å². The maximum atomic E-state index is 12.0. The van der Waals surface area contributed by atoms with Crippen LogP contribution in [-0.2, 0) is 4.79 Å². The molecule has 2 N–H and O–H groups in total. The molecule has 1 aromatic rings. The lowest BCUT2D eigenvalue weighted by molar-refractivity contribution is -0.385. The molecule has 0 spiro atoms. The first-order valence-corrected chi connectivity index (χ1v) is 6.46.